The molecule has 1 unspecified atom stereocenters. The van der Waals surface area contributed by atoms with Crippen LogP contribution in [0.2, 0.25) is 0 Å². The Kier molecular flexibility index (Phi) is 8.16. The van der Waals surface area contributed by atoms with E-state index in [2.05, 4.69) is 32.0 Å². The molecule has 0 amide bonds. The Hall–Kier alpha value is -0.280. The summed E-state index contributed by atoms with van der Waals surface area (Å²) in [6, 6.07) is 6.23. The fourth-order valence-electron chi connectivity index (χ4n) is 1.37. The van der Waals surface area contributed by atoms with Crippen molar-refractivity contribution in [3.05, 3.63) is 34.9 Å². The second-order valence-corrected chi connectivity index (χ2v) is 3.20. The molecule has 82 valence electrons. The van der Waals surface area contributed by atoms with E-state index in [1.165, 1.54) is 11.1 Å². The third-order valence-corrected chi connectivity index (χ3v) is 2.08. The van der Waals surface area contributed by atoms with Crippen LogP contribution in [-0.4, -0.2) is 6.54 Å². The fraction of sp³-hybridized carbons (Fsp3) is 0.400. The van der Waals surface area contributed by atoms with E-state index in [1.807, 2.05) is 0 Å². The first-order valence-electron chi connectivity index (χ1n) is 4.18. The zero-order valence-corrected chi connectivity index (χ0v) is 10.1. The zero-order chi connectivity index (χ0) is 9.14. The van der Waals surface area contributed by atoms with Gasteiger partial charge in [-0.25, -0.2) is 0 Å². The molecule has 1 aromatic carbocycles. The first-order valence-corrected chi connectivity index (χ1v) is 4.18. The first-order chi connectivity index (χ1) is 5.65. The SMILES string of the molecule is Cc1ccc(C(N)CN)c(C)c1.Cl.Cl. The molecule has 0 radical (unpaired) electrons. The van der Waals surface area contributed by atoms with Crippen molar-refractivity contribution in [2.24, 2.45) is 11.5 Å². The monoisotopic (exact) mass is 236 g/mol. The Morgan fingerprint density at radius 1 is 1.21 bits per heavy atom. The van der Waals surface area contributed by atoms with Crippen molar-refractivity contribution in [2.45, 2.75) is 19.9 Å². The van der Waals surface area contributed by atoms with Crippen LogP contribution in [0.1, 0.15) is 22.7 Å². The second kappa shape index (κ2) is 7.07. The van der Waals surface area contributed by atoms with Crippen LogP contribution in [-0.2, 0) is 0 Å². The topological polar surface area (TPSA) is 52.0 Å². The molecule has 1 rings (SSSR count). The first kappa shape index (κ1) is 16.2. The van der Waals surface area contributed by atoms with Crippen LogP contribution in [0.5, 0.6) is 0 Å². The van der Waals surface area contributed by atoms with Crippen LogP contribution in [0.25, 0.3) is 0 Å². The van der Waals surface area contributed by atoms with Gasteiger partial charge in [0.1, 0.15) is 0 Å². The molecule has 0 aromatic heterocycles. The molecular formula is C10H18Cl2N2. The van der Waals surface area contributed by atoms with E-state index in [4.69, 9.17) is 11.5 Å². The lowest BCUT2D eigenvalue weighted by Crippen LogP contribution is -2.21. The highest BCUT2D eigenvalue weighted by molar-refractivity contribution is 5.85. The molecule has 1 atom stereocenters. The highest BCUT2D eigenvalue weighted by Crippen LogP contribution is 2.15. The molecule has 0 saturated carbocycles. The predicted octanol–water partition coefficient (Wildman–Crippen LogP) is 2.11. The van der Waals surface area contributed by atoms with E-state index in [9.17, 15) is 0 Å². The maximum atomic E-state index is 5.82. The summed E-state index contributed by atoms with van der Waals surface area (Å²) >= 11 is 0. The van der Waals surface area contributed by atoms with Crippen LogP contribution in [0, 0.1) is 13.8 Å². The number of hydrogen-bond acceptors (Lipinski definition) is 2. The van der Waals surface area contributed by atoms with Crippen LogP contribution >= 0.6 is 24.8 Å². The van der Waals surface area contributed by atoms with Crippen molar-refractivity contribution in [1.82, 2.24) is 0 Å². The summed E-state index contributed by atoms with van der Waals surface area (Å²) in [6.07, 6.45) is 0. The predicted molar refractivity (Wildman–Crippen MR) is 66.4 cm³/mol. The normalized spacial score (nSPS) is 11.1. The number of nitrogens with two attached hydrogens (primary N) is 2. The molecule has 0 saturated heterocycles. The average molecular weight is 237 g/mol. The van der Waals surface area contributed by atoms with E-state index in [0.717, 1.165) is 5.56 Å². The second-order valence-electron chi connectivity index (χ2n) is 3.20. The van der Waals surface area contributed by atoms with Crippen molar-refractivity contribution in [1.29, 1.82) is 0 Å². The Balaban J connectivity index is 0. The van der Waals surface area contributed by atoms with E-state index < -0.39 is 0 Å². The van der Waals surface area contributed by atoms with Gasteiger partial charge in [0.15, 0.2) is 0 Å². The zero-order valence-electron chi connectivity index (χ0n) is 8.49. The minimum Gasteiger partial charge on any atom is -0.329 e. The number of aryl methyl sites for hydroxylation is 2. The van der Waals surface area contributed by atoms with Gasteiger partial charge in [-0.1, -0.05) is 23.8 Å². The van der Waals surface area contributed by atoms with Gasteiger partial charge >= 0.3 is 0 Å². The Labute approximate surface area is 97.9 Å². The number of benzene rings is 1. The molecule has 14 heavy (non-hydrogen) atoms. The lowest BCUT2D eigenvalue weighted by molar-refractivity contribution is 0.731. The van der Waals surface area contributed by atoms with E-state index in [-0.39, 0.29) is 30.9 Å². The van der Waals surface area contributed by atoms with E-state index in [0.29, 0.717) is 6.54 Å². The molecule has 0 bridgehead atoms. The molecular weight excluding hydrogens is 219 g/mol. The summed E-state index contributed by atoms with van der Waals surface area (Å²) in [5.41, 5.74) is 15.0. The van der Waals surface area contributed by atoms with Crippen LogP contribution < -0.4 is 11.5 Å². The van der Waals surface area contributed by atoms with Crippen molar-refractivity contribution < 1.29 is 0 Å². The van der Waals surface area contributed by atoms with Gasteiger partial charge in [0.25, 0.3) is 0 Å². The number of halogens is 2. The fourth-order valence-corrected chi connectivity index (χ4v) is 1.37. The molecule has 0 fully saturated rings. The molecule has 0 heterocycles. The summed E-state index contributed by atoms with van der Waals surface area (Å²) in [5, 5.41) is 0. The standard InChI is InChI=1S/C10H16N2.2ClH/c1-7-3-4-9(8(2)5-7)10(12)6-11;;/h3-5,10H,6,11-12H2,1-2H3;2*1H. The molecule has 1 aromatic rings. The minimum atomic E-state index is -0.0226. The van der Waals surface area contributed by atoms with E-state index >= 15 is 0 Å². The van der Waals surface area contributed by atoms with Crippen molar-refractivity contribution in [2.75, 3.05) is 6.54 Å². The van der Waals surface area contributed by atoms with Gasteiger partial charge in [0, 0.05) is 12.6 Å². The summed E-state index contributed by atoms with van der Waals surface area (Å²) in [7, 11) is 0. The highest BCUT2D eigenvalue weighted by atomic mass is 35.5. The highest BCUT2D eigenvalue weighted by Gasteiger charge is 2.05. The molecule has 0 aliphatic carbocycles. The lowest BCUT2D eigenvalue weighted by atomic mass is 10.00. The van der Waals surface area contributed by atoms with Crippen molar-refractivity contribution in [3.8, 4) is 0 Å². The number of hydrogen-bond donors (Lipinski definition) is 2. The Morgan fingerprint density at radius 2 is 1.79 bits per heavy atom. The molecule has 0 aliphatic rings. The summed E-state index contributed by atoms with van der Waals surface area (Å²) in [4.78, 5) is 0. The van der Waals surface area contributed by atoms with Gasteiger partial charge in [0.05, 0.1) is 0 Å². The smallest absolute Gasteiger partial charge is 0.0422 e. The third-order valence-electron chi connectivity index (χ3n) is 2.08. The molecule has 4 N–H and O–H groups in total. The van der Waals surface area contributed by atoms with Crippen LogP contribution in [0.4, 0.5) is 0 Å². The molecule has 4 heteroatoms. The average Bonchev–Trinajstić information content (AvgIpc) is 2.03. The van der Waals surface area contributed by atoms with Gasteiger partial charge < -0.3 is 11.5 Å². The van der Waals surface area contributed by atoms with E-state index in [1.54, 1.807) is 0 Å². The van der Waals surface area contributed by atoms with Gasteiger partial charge in [-0.2, -0.15) is 0 Å². The van der Waals surface area contributed by atoms with Crippen LogP contribution in [0.3, 0.4) is 0 Å². The maximum absolute atomic E-state index is 5.82. The summed E-state index contributed by atoms with van der Waals surface area (Å²) in [5.74, 6) is 0. The molecule has 0 aliphatic heterocycles. The quantitative estimate of drug-likeness (QED) is 0.827. The van der Waals surface area contributed by atoms with Gasteiger partial charge in [-0.15, -0.1) is 24.8 Å². The summed E-state index contributed by atoms with van der Waals surface area (Å²) < 4.78 is 0. The molecule has 2 nitrogen and oxygen atoms in total. The van der Waals surface area contributed by atoms with Gasteiger partial charge in [0.2, 0.25) is 0 Å². The largest absolute Gasteiger partial charge is 0.329 e. The molecule has 0 spiro atoms. The van der Waals surface area contributed by atoms with Crippen molar-refractivity contribution in [3.63, 3.8) is 0 Å². The van der Waals surface area contributed by atoms with Crippen LogP contribution in [0.15, 0.2) is 18.2 Å². The van der Waals surface area contributed by atoms with Crippen molar-refractivity contribution >= 4 is 24.8 Å². The Morgan fingerprint density at radius 3 is 2.21 bits per heavy atom. The Bertz CT molecular complexity index is 277. The van der Waals surface area contributed by atoms with Gasteiger partial charge in [-0.3, -0.25) is 0 Å². The summed E-state index contributed by atoms with van der Waals surface area (Å²) in [6.45, 7) is 4.65. The third kappa shape index (κ3) is 3.84. The minimum absolute atomic E-state index is 0. The maximum Gasteiger partial charge on any atom is 0.0422 e. The van der Waals surface area contributed by atoms with Gasteiger partial charge in [-0.05, 0) is 25.0 Å². The lowest BCUT2D eigenvalue weighted by Gasteiger charge is -2.12. The number of rotatable bonds is 2.